The SMILES string of the molecule is CN=C(NCCS(=O)C(C)(C)C)NCC(c1ccccc1)N1CCCC1. The lowest BCUT2D eigenvalue weighted by atomic mass is 10.1. The summed E-state index contributed by atoms with van der Waals surface area (Å²) in [4.78, 5) is 6.86. The molecular weight excluding hydrogens is 344 g/mol. The maximum atomic E-state index is 12.2. The van der Waals surface area contributed by atoms with E-state index in [1.54, 1.807) is 7.05 Å². The Kier molecular flexibility index (Phi) is 8.10. The number of likely N-dealkylation sites (tertiary alicyclic amines) is 1. The molecule has 0 radical (unpaired) electrons. The molecule has 6 heteroatoms. The first kappa shape index (κ1) is 20.9. The summed E-state index contributed by atoms with van der Waals surface area (Å²) in [6, 6.07) is 11.0. The maximum absolute atomic E-state index is 12.2. The van der Waals surface area contributed by atoms with Gasteiger partial charge >= 0.3 is 0 Å². The highest BCUT2D eigenvalue weighted by Crippen LogP contribution is 2.24. The van der Waals surface area contributed by atoms with E-state index in [0.29, 0.717) is 18.3 Å². The zero-order chi connectivity index (χ0) is 19.0. The van der Waals surface area contributed by atoms with Crippen LogP contribution in [-0.4, -0.2) is 58.8 Å². The normalized spacial score (nSPS) is 18.5. The van der Waals surface area contributed by atoms with E-state index in [9.17, 15) is 4.21 Å². The van der Waals surface area contributed by atoms with Crippen molar-refractivity contribution in [3.8, 4) is 0 Å². The average Bonchev–Trinajstić information content (AvgIpc) is 3.14. The van der Waals surface area contributed by atoms with E-state index < -0.39 is 10.8 Å². The predicted octanol–water partition coefficient (Wildman–Crippen LogP) is 2.54. The lowest BCUT2D eigenvalue weighted by molar-refractivity contribution is 0.245. The molecule has 1 heterocycles. The summed E-state index contributed by atoms with van der Waals surface area (Å²) in [5, 5.41) is 6.75. The van der Waals surface area contributed by atoms with Gasteiger partial charge in [0.2, 0.25) is 0 Å². The Morgan fingerprint density at radius 3 is 2.42 bits per heavy atom. The fourth-order valence-corrected chi connectivity index (χ4v) is 4.07. The summed E-state index contributed by atoms with van der Waals surface area (Å²) in [5.41, 5.74) is 1.34. The summed E-state index contributed by atoms with van der Waals surface area (Å²) >= 11 is 0. The first-order valence-corrected chi connectivity index (χ1v) is 10.9. The lowest BCUT2D eigenvalue weighted by Gasteiger charge is -2.29. The van der Waals surface area contributed by atoms with Crippen LogP contribution < -0.4 is 10.6 Å². The van der Waals surface area contributed by atoms with Crippen molar-refractivity contribution in [1.29, 1.82) is 0 Å². The quantitative estimate of drug-likeness (QED) is 0.565. The third kappa shape index (κ3) is 6.40. The average molecular weight is 379 g/mol. The molecule has 0 spiro atoms. The summed E-state index contributed by atoms with van der Waals surface area (Å²) in [6.45, 7) is 9.80. The second kappa shape index (κ2) is 10.1. The van der Waals surface area contributed by atoms with Crippen LogP contribution in [0.25, 0.3) is 0 Å². The molecule has 1 aliphatic heterocycles. The van der Waals surface area contributed by atoms with E-state index in [1.165, 1.54) is 18.4 Å². The molecule has 2 atom stereocenters. The Bertz CT molecular complexity index is 592. The molecule has 0 aliphatic carbocycles. The standard InChI is InChI=1S/C20H34N4OS/c1-20(2,3)26(25)15-12-22-19(21-4)23-16-18(24-13-8-9-14-24)17-10-6-5-7-11-17/h5-7,10-11,18H,8-9,12-16H2,1-4H3,(H2,21,22,23). The molecule has 2 N–H and O–H groups in total. The molecule has 1 saturated heterocycles. The molecule has 0 bridgehead atoms. The van der Waals surface area contributed by atoms with E-state index in [4.69, 9.17) is 0 Å². The topological polar surface area (TPSA) is 56.7 Å². The van der Waals surface area contributed by atoms with Crippen LogP contribution in [0, 0.1) is 0 Å². The number of aliphatic imine (C=N–C) groups is 1. The number of guanidine groups is 1. The Labute approximate surface area is 161 Å². The fraction of sp³-hybridized carbons (Fsp3) is 0.650. The number of nitrogens with one attached hydrogen (secondary N) is 2. The second-order valence-electron chi connectivity index (χ2n) is 7.71. The third-order valence-electron chi connectivity index (χ3n) is 4.72. The largest absolute Gasteiger partial charge is 0.355 e. The molecule has 5 nitrogen and oxygen atoms in total. The van der Waals surface area contributed by atoms with Crippen molar-refractivity contribution in [2.45, 2.75) is 44.4 Å². The molecule has 2 rings (SSSR count). The van der Waals surface area contributed by atoms with Gasteiger partial charge in [0.15, 0.2) is 5.96 Å². The van der Waals surface area contributed by atoms with Gasteiger partial charge in [-0.2, -0.15) is 0 Å². The van der Waals surface area contributed by atoms with Crippen LogP contribution in [0.4, 0.5) is 0 Å². The van der Waals surface area contributed by atoms with Gasteiger partial charge in [-0.25, -0.2) is 0 Å². The van der Waals surface area contributed by atoms with Gasteiger partial charge in [-0.1, -0.05) is 30.3 Å². The molecule has 1 aromatic rings. The van der Waals surface area contributed by atoms with Crippen molar-refractivity contribution in [2.75, 3.05) is 39.0 Å². The van der Waals surface area contributed by atoms with Crippen molar-refractivity contribution in [1.82, 2.24) is 15.5 Å². The summed E-state index contributed by atoms with van der Waals surface area (Å²) in [5.74, 6) is 1.40. The number of rotatable bonds is 7. The predicted molar refractivity (Wildman–Crippen MR) is 112 cm³/mol. The molecule has 1 aliphatic rings. The van der Waals surface area contributed by atoms with Gasteiger partial charge in [0.25, 0.3) is 0 Å². The van der Waals surface area contributed by atoms with Gasteiger partial charge in [-0.3, -0.25) is 14.1 Å². The molecule has 0 saturated carbocycles. The van der Waals surface area contributed by atoms with Crippen LogP contribution in [0.15, 0.2) is 35.3 Å². The minimum Gasteiger partial charge on any atom is -0.355 e. The van der Waals surface area contributed by atoms with Crippen molar-refractivity contribution in [3.63, 3.8) is 0 Å². The van der Waals surface area contributed by atoms with Crippen molar-refractivity contribution in [2.24, 2.45) is 4.99 Å². The number of hydrogen-bond donors (Lipinski definition) is 2. The number of benzene rings is 1. The first-order chi connectivity index (χ1) is 12.4. The van der Waals surface area contributed by atoms with Crippen LogP contribution in [0.3, 0.4) is 0 Å². The highest BCUT2D eigenvalue weighted by molar-refractivity contribution is 7.86. The van der Waals surface area contributed by atoms with E-state index in [-0.39, 0.29) is 4.75 Å². The van der Waals surface area contributed by atoms with Crippen LogP contribution in [-0.2, 0) is 10.8 Å². The highest BCUT2D eigenvalue weighted by atomic mass is 32.2. The molecule has 1 fully saturated rings. The zero-order valence-electron chi connectivity index (χ0n) is 16.6. The van der Waals surface area contributed by atoms with E-state index in [1.807, 2.05) is 20.8 Å². The van der Waals surface area contributed by atoms with Crippen molar-refractivity contribution in [3.05, 3.63) is 35.9 Å². The third-order valence-corrected chi connectivity index (χ3v) is 6.66. The van der Waals surface area contributed by atoms with Gasteiger partial charge in [-0.15, -0.1) is 0 Å². The van der Waals surface area contributed by atoms with Crippen molar-refractivity contribution < 1.29 is 4.21 Å². The zero-order valence-corrected chi connectivity index (χ0v) is 17.4. The van der Waals surface area contributed by atoms with Crippen LogP contribution in [0.1, 0.15) is 45.2 Å². The van der Waals surface area contributed by atoms with E-state index in [0.717, 1.165) is 25.6 Å². The van der Waals surface area contributed by atoms with Crippen LogP contribution in [0.2, 0.25) is 0 Å². The minimum atomic E-state index is -0.854. The Balaban J connectivity index is 1.89. The van der Waals surface area contributed by atoms with Crippen LogP contribution >= 0.6 is 0 Å². The van der Waals surface area contributed by atoms with Gasteiger partial charge in [-0.05, 0) is 52.3 Å². The maximum Gasteiger partial charge on any atom is 0.191 e. The van der Waals surface area contributed by atoms with E-state index in [2.05, 4.69) is 50.9 Å². The molecule has 146 valence electrons. The monoisotopic (exact) mass is 378 g/mol. The van der Waals surface area contributed by atoms with Gasteiger partial charge in [0.1, 0.15) is 0 Å². The summed E-state index contributed by atoms with van der Waals surface area (Å²) < 4.78 is 12.0. The number of hydrogen-bond acceptors (Lipinski definition) is 3. The molecule has 26 heavy (non-hydrogen) atoms. The minimum absolute atomic E-state index is 0.174. The molecule has 0 aromatic heterocycles. The van der Waals surface area contributed by atoms with Crippen molar-refractivity contribution >= 4 is 16.8 Å². The Morgan fingerprint density at radius 2 is 1.85 bits per heavy atom. The first-order valence-electron chi connectivity index (χ1n) is 9.54. The van der Waals surface area contributed by atoms with E-state index >= 15 is 0 Å². The smallest absolute Gasteiger partial charge is 0.191 e. The van der Waals surface area contributed by atoms with Gasteiger partial charge < -0.3 is 10.6 Å². The van der Waals surface area contributed by atoms with Crippen LogP contribution in [0.5, 0.6) is 0 Å². The van der Waals surface area contributed by atoms with Gasteiger partial charge in [0, 0.05) is 41.4 Å². The van der Waals surface area contributed by atoms with Gasteiger partial charge in [0.05, 0.1) is 6.04 Å². The fourth-order valence-electron chi connectivity index (χ4n) is 3.17. The molecule has 1 aromatic carbocycles. The second-order valence-corrected chi connectivity index (χ2v) is 10.0. The summed E-state index contributed by atoms with van der Waals surface area (Å²) in [7, 11) is 0.928. The lowest BCUT2D eigenvalue weighted by Crippen LogP contribution is -2.44. The summed E-state index contributed by atoms with van der Waals surface area (Å²) in [6.07, 6.45) is 2.55. The highest BCUT2D eigenvalue weighted by Gasteiger charge is 2.23. The molecular formula is C20H34N4OS. The Morgan fingerprint density at radius 1 is 1.19 bits per heavy atom. The molecule has 0 amide bonds. The molecule has 2 unspecified atom stereocenters. The number of nitrogens with zero attached hydrogens (tertiary/aromatic N) is 2. The Hall–Kier alpha value is -1.40.